The van der Waals surface area contributed by atoms with Crippen molar-refractivity contribution in [1.29, 1.82) is 0 Å². The molecule has 0 unspecified atom stereocenters. The zero-order chi connectivity index (χ0) is 17.8. The Bertz CT molecular complexity index is 960. The molecule has 3 aromatic rings. The maximum atomic E-state index is 12.0. The van der Waals surface area contributed by atoms with Crippen LogP contribution in [0.5, 0.6) is 5.75 Å². The molecule has 0 saturated heterocycles. The molecule has 0 fully saturated rings. The molecule has 0 radical (unpaired) electrons. The zero-order valence-electron chi connectivity index (χ0n) is 13.5. The summed E-state index contributed by atoms with van der Waals surface area (Å²) in [5.41, 5.74) is 1.26. The molecule has 3 rings (SSSR count). The van der Waals surface area contributed by atoms with Crippen LogP contribution in [-0.2, 0) is 22.6 Å². The van der Waals surface area contributed by atoms with Gasteiger partial charge in [-0.15, -0.1) is 0 Å². The van der Waals surface area contributed by atoms with E-state index in [1.165, 1.54) is 13.2 Å². The minimum Gasteiger partial charge on any atom is -0.497 e. The van der Waals surface area contributed by atoms with E-state index in [1.54, 1.807) is 42.5 Å². The highest BCUT2D eigenvalue weighted by atomic mass is 35.5. The summed E-state index contributed by atoms with van der Waals surface area (Å²) < 4.78 is 15.6. The molecule has 2 aromatic carbocycles. The molecule has 6 heteroatoms. The van der Waals surface area contributed by atoms with E-state index in [0.717, 1.165) is 5.56 Å². The number of benzene rings is 2. The molecule has 25 heavy (non-hydrogen) atoms. The van der Waals surface area contributed by atoms with Gasteiger partial charge >= 0.3 is 11.6 Å². The maximum Gasteiger partial charge on any atom is 0.336 e. The predicted octanol–water partition coefficient (Wildman–Crippen LogP) is 3.74. The predicted molar refractivity (Wildman–Crippen MR) is 94.0 cm³/mol. The van der Waals surface area contributed by atoms with E-state index < -0.39 is 11.6 Å². The fourth-order valence-corrected chi connectivity index (χ4v) is 2.56. The van der Waals surface area contributed by atoms with Crippen molar-refractivity contribution in [2.24, 2.45) is 0 Å². The number of carbonyl (C=O) groups is 1. The van der Waals surface area contributed by atoms with Crippen LogP contribution in [0.3, 0.4) is 0 Å². The number of carbonyl (C=O) groups excluding carboxylic acids is 1. The van der Waals surface area contributed by atoms with Gasteiger partial charge in [0.15, 0.2) is 0 Å². The van der Waals surface area contributed by atoms with E-state index in [4.69, 9.17) is 25.5 Å². The van der Waals surface area contributed by atoms with Crippen LogP contribution in [0.2, 0.25) is 5.02 Å². The summed E-state index contributed by atoms with van der Waals surface area (Å²) in [6, 6.07) is 13.4. The van der Waals surface area contributed by atoms with Crippen molar-refractivity contribution >= 4 is 28.5 Å². The fourth-order valence-electron chi connectivity index (χ4n) is 2.43. The Hall–Kier alpha value is -2.79. The third kappa shape index (κ3) is 4.19. The number of hydrogen-bond acceptors (Lipinski definition) is 5. The average molecular weight is 359 g/mol. The number of rotatable bonds is 5. The molecule has 0 atom stereocenters. The number of hydrogen-bond donors (Lipinski definition) is 0. The van der Waals surface area contributed by atoms with E-state index in [-0.39, 0.29) is 13.0 Å². The number of esters is 1. The first-order chi connectivity index (χ1) is 12.0. The Morgan fingerprint density at radius 2 is 1.88 bits per heavy atom. The summed E-state index contributed by atoms with van der Waals surface area (Å²) in [4.78, 5) is 23.7. The van der Waals surface area contributed by atoms with Crippen molar-refractivity contribution in [2.45, 2.75) is 13.0 Å². The van der Waals surface area contributed by atoms with Crippen molar-refractivity contribution in [3.63, 3.8) is 0 Å². The highest BCUT2D eigenvalue weighted by molar-refractivity contribution is 6.30. The standard InChI is InChI=1S/C19H15ClO5/c1-23-15-6-7-16-13(9-19(22)25-17(16)10-15)11-24-18(21)8-12-2-4-14(20)5-3-12/h2-7,9-10H,8,11H2,1H3. The van der Waals surface area contributed by atoms with Gasteiger partial charge in [-0.2, -0.15) is 0 Å². The van der Waals surface area contributed by atoms with E-state index in [0.29, 0.717) is 27.3 Å². The van der Waals surface area contributed by atoms with Gasteiger partial charge in [0.25, 0.3) is 0 Å². The van der Waals surface area contributed by atoms with Gasteiger partial charge in [0, 0.05) is 28.1 Å². The molecule has 128 valence electrons. The molecule has 0 amide bonds. The van der Waals surface area contributed by atoms with Crippen molar-refractivity contribution in [3.05, 3.63) is 75.1 Å². The van der Waals surface area contributed by atoms with Crippen LogP contribution in [0.1, 0.15) is 11.1 Å². The van der Waals surface area contributed by atoms with Crippen molar-refractivity contribution in [2.75, 3.05) is 7.11 Å². The Morgan fingerprint density at radius 3 is 2.60 bits per heavy atom. The van der Waals surface area contributed by atoms with Crippen LogP contribution in [0.25, 0.3) is 11.0 Å². The summed E-state index contributed by atoms with van der Waals surface area (Å²) >= 11 is 5.82. The molecule has 0 spiro atoms. The molecule has 0 aliphatic carbocycles. The Kier molecular flexibility index (Phi) is 5.05. The van der Waals surface area contributed by atoms with Crippen LogP contribution in [-0.4, -0.2) is 13.1 Å². The second-order valence-electron chi connectivity index (χ2n) is 5.42. The van der Waals surface area contributed by atoms with Crippen LogP contribution >= 0.6 is 11.6 Å². The number of fused-ring (bicyclic) bond motifs is 1. The highest BCUT2D eigenvalue weighted by Crippen LogP contribution is 2.23. The highest BCUT2D eigenvalue weighted by Gasteiger charge is 2.10. The zero-order valence-corrected chi connectivity index (χ0v) is 14.2. The van der Waals surface area contributed by atoms with E-state index in [2.05, 4.69) is 0 Å². The molecular weight excluding hydrogens is 344 g/mol. The first-order valence-electron chi connectivity index (χ1n) is 7.56. The average Bonchev–Trinajstić information content (AvgIpc) is 2.61. The van der Waals surface area contributed by atoms with E-state index in [9.17, 15) is 9.59 Å². The van der Waals surface area contributed by atoms with Gasteiger partial charge in [0.05, 0.1) is 13.5 Å². The molecule has 0 saturated carbocycles. The lowest BCUT2D eigenvalue weighted by Gasteiger charge is -2.08. The Balaban J connectivity index is 1.75. The monoisotopic (exact) mass is 358 g/mol. The summed E-state index contributed by atoms with van der Waals surface area (Å²) in [7, 11) is 1.53. The van der Waals surface area contributed by atoms with Gasteiger partial charge in [-0.3, -0.25) is 4.79 Å². The van der Waals surface area contributed by atoms with Crippen LogP contribution in [0, 0.1) is 0 Å². The minimum absolute atomic E-state index is 0.0130. The van der Waals surface area contributed by atoms with Crippen molar-refractivity contribution in [3.8, 4) is 5.75 Å². The smallest absolute Gasteiger partial charge is 0.336 e. The molecule has 5 nitrogen and oxygen atoms in total. The van der Waals surface area contributed by atoms with Gasteiger partial charge < -0.3 is 13.9 Å². The third-order valence-corrected chi connectivity index (χ3v) is 3.94. The van der Waals surface area contributed by atoms with Gasteiger partial charge in [-0.05, 0) is 29.8 Å². The molecule has 0 bridgehead atoms. The van der Waals surface area contributed by atoms with Gasteiger partial charge in [-0.25, -0.2) is 4.79 Å². The largest absolute Gasteiger partial charge is 0.497 e. The lowest BCUT2D eigenvalue weighted by atomic mass is 10.1. The lowest BCUT2D eigenvalue weighted by molar-refractivity contribution is -0.144. The summed E-state index contributed by atoms with van der Waals surface area (Å²) in [6.07, 6.45) is 0.129. The first-order valence-corrected chi connectivity index (χ1v) is 7.94. The van der Waals surface area contributed by atoms with Crippen LogP contribution < -0.4 is 10.4 Å². The molecule has 0 aliphatic rings. The van der Waals surface area contributed by atoms with Crippen LogP contribution in [0.15, 0.2) is 57.7 Å². The molecule has 0 N–H and O–H groups in total. The van der Waals surface area contributed by atoms with E-state index in [1.807, 2.05) is 0 Å². The topological polar surface area (TPSA) is 65.7 Å². The SMILES string of the molecule is COc1ccc2c(COC(=O)Cc3ccc(Cl)cc3)cc(=O)oc2c1. The summed E-state index contributed by atoms with van der Waals surface area (Å²) in [5, 5.41) is 1.30. The van der Waals surface area contributed by atoms with Crippen molar-refractivity contribution < 1.29 is 18.7 Å². The number of ether oxygens (including phenoxy) is 2. The molecular formula is C19H15ClO5. The molecule has 1 heterocycles. The number of methoxy groups -OCH3 is 1. The van der Waals surface area contributed by atoms with Gasteiger partial charge in [-0.1, -0.05) is 23.7 Å². The van der Waals surface area contributed by atoms with E-state index >= 15 is 0 Å². The summed E-state index contributed by atoms with van der Waals surface area (Å²) in [5.74, 6) is 0.185. The van der Waals surface area contributed by atoms with Crippen LogP contribution in [0.4, 0.5) is 0 Å². The second kappa shape index (κ2) is 7.40. The first kappa shape index (κ1) is 17.0. The fraction of sp³-hybridized carbons (Fsp3) is 0.158. The minimum atomic E-state index is -0.510. The lowest BCUT2D eigenvalue weighted by Crippen LogP contribution is -2.10. The number of halogens is 1. The molecule has 0 aliphatic heterocycles. The Labute approximate surface area is 148 Å². The third-order valence-electron chi connectivity index (χ3n) is 3.69. The normalized spacial score (nSPS) is 10.6. The maximum absolute atomic E-state index is 12.0. The van der Waals surface area contributed by atoms with Gasteiger partial charge in [0.2, 0.25) is 0 Å². The quantitative estimate of drug-likeness (QED) is 0.513. The second-order valence-corrected chi connectivity index (χ2v) is 5.85. The molecule has 1 aromatic heterocycles. The van der Waals surface area contributed by atoms with Crippen molar-refractivity contribution in [1.82, 2.24) is 0 Å². The summed E-state index contributed by atoms with van der Waals surface area (Å²) in [6.45, 7) is -0.0130. The Morgan fingerprint density at radius 1 is 1.12 bits per heavy atom. The van der Waals surface area contributed by atoms with Gasteiger partial charge in [0.1, 0.15) is 17.9 Å².